The largest absolute Gasteiger partial charge is 0.506 e. The molecule has 4 rings (SSSR count). The standard InChI is InChI=1S/C32H35N3O4/c1-32(2,35-20-30(38)25-13-14-29(37)28(18-25)34-21-36)19-22-7-5-11-26(17-22)31(39)33-16-15-24-10-6-9-23-8-3-4-12-27(23)24/h3-14,17-18,21,30,35,37-38H,15-16,19-20H2,1-2H3,(H,33,39)(H,34,36)/t30-/m1/s1. The van der Waals surface area contributed by atoms with Crippen LogP contribution in [0.3, 0.4) is 0 Å². The highest BCUT2D eigenvalue weighted by Crippen LogP contribution is 2.27. The summed E-state index contributed by atoms with van der Waals surface area (Å²) in [5.41, 5.74) is 3.27. The summed E-state index contributed by atoms with van der Waals surface area (Å²) in [5, 5.41) is 31.7. The van der Waals surface area contributed by atoms with Gasteiger partial charge in [-0.25, -0.2) is 0 Å². The third kappa shape index (κ3) is 7.44. The molecule has 0 fully saturated rings. The molecule has 0 aliphatic heterocycles. The lowest BCUT2D eigenvalue weighted by Gasteiger charge is -2.28. The van der Waals surface area contributed by atoms with Crippen LogP contribution >= 0.6 is 0 Å². The molecule has 202 valence electrons. The van der Waals surface area contributed by atoms with Gasteiger partial charge in [-0.1, -0.05) is 60.7 Å². The summed E-state index contributed by atoms with van der Waals surface area (Å²) in [7, 11) is 0. The van der Waals surface area contributed by atoms with Crippen molar-refractivity contribution < 1.29 is 19.8 Å². The summed E-state index contributed by atoms with van der Waals surface area (Å²) in [6.45, 7) is 4.88. The van der Waals surface area contributed by atoms with Gasteiger partial charge in [0.15, 0.2) is 0 Å². The molecule has 0 spiro atoms. The van der Waals surface area contributed by atoms with Gasteiger partial charge in [-0.2, -0.15) is 0 Å². The van der Waals surface area contributed by atoms with Crippen LogP contribution in [0.4, 0.5) is 5.69 Å². The van der Waals surface area contributed by atoms with Crippen LogP contribution in [0, 0.1) is 0 Å². The molecule has 7 nitrogen and oxygen atoms in total. The molecule has 5 N–H and O–H groups in total. The van der Waals surface area contributed by atoms with Gasteiger partial charge in [0, 0.05) is 24.2 Å². The summed E-state index contributed by atoms with van der Waals surface area (Å²) in [6.07, 6.45) is 1.03. The molecular weight excluding hydrogens is 490 g/mol. The Morgan fingerprint density at radius 2 is 1.74 bits per heavy atom. The number of aliphatic hydroxyl groups excluding tert-OH is 1. The monoisotopic (exact) mass is 525 g/mol. The van der Waals surface area contributed by atoms with E-state index in [1.807, 2.05) is 56.3 Å². The maximum absolute atomic E-state index is 12.9. The minimum Gasteiger partial charge on any atom is -0.506 e. The fraction of sp³-hybridized carbons (Fsp3) is 0.250. The Morgan fingerprint density at radius 1 is 0.974 bits per heavy atom. The van der Waals surface area contributed by atoms with Gasteiger partial charge in [0.25, 0.3) is 5.91 Å². The highest BCUT2D eigenvalue weighted by Gasteiger charge is 2.21. The smallest absolute Gasteiger partial charge is 0.251 e. The number of rotatable bonds is 12. The van der Waals surface area contributed by atoms with Crippen LogP contribution in [0.5, 0.6) is 5.75 Å². The first-order valence-corrected chi connectivity index (χ1v) is 13.1. The van der Waals surface area contributed by atoms with Gasteiger partial charge in [-0.15, -0.1) is 0 Å². The summed E-state index contributed by atoms with van der Waals surface area (Å²) in [6, 6.07) is 26.7. The van der Waals surface area contributed by atoms with E-state index in [1.165, 1.54) is 22.4 Å². The Kier molecular flexibility index (Phi) is 8.96. The van der Waals surface area contributed by atoms with Crippen molar-refractivity contribution in [2.24, 2.45) is 0 Å². The average Bonchev–Trinajstić information content (AvgIpc) is 2.93. The zero-order chi connectivity index (χ0) is 27.8. The van der Waals surface area contributed by atoms with Crippen molar-refractivity contribution in [2.45, 2.75) is 38.3 Å². The van der Waals surface area contributed by atoms with Gasteiger partial charge in [0.1, 0.15) is 5.75 Å². The van der Waals surface area contributed by atoms with Gasteiger partial charge >= 0.3 is 0 Å². The van der Waals surface area contributed by atoms with Crippen molar-refractivity contribution in [1.82, 2.24) is 10.6 Å². The van der Waals surface area contributed by atoms with E-state index < -0.39 is 6.10 Å². The zero-order valence-corrected chi connectivity index (χ0v) is 22.3. The molecule has 7 heteroatoms. The number of phenolic OH excluding ortho intramolecular Hbond substituents is 1. The maximum Gasteiger partial charge on any atom is 0.251 e. The van der Waals surface area contributed by atoms with Crippen LogP contribution in [-0.2, 0) is 17.6 Å². The maximum atomic E-state index is 12.9. The highest BCUT2D eigenvalue weighted by atomic mass is 16.3. The zero-order valence-electron chi connectivity index (χ0n) is 22.3. The summed E-state index contributed by atoms with van der Waals surface area (Å²) in [4.78, 5) is 23.6. The molecule has 0 saturated carbocycles. The fourth-order valence-corrected chi connectivity index (χ4v) is 4.75. The van der Waals surface area contributed by atoms with Gasteiger partial charge in [-0.05, 0) is 78.4 Å². The Morgan fingerprint density at radius 3 is 2.56 bits per heavy atom. The summed E-state index contributed by atoms with van der Waals surface area (Å²) >= 11 is 0. The molecule has 39 heavy (non-hydrogen) atoms. The van der Waals surface area contributed by atoms with Crippen molar-refractivity contribution in [2.75, 3.05) is 18.4 Å². The van der Waals surface area contributed by atoms with Gasteiger partial charge in [0.05, 0.1) is 11.8 Å². The molecule has 0 radical (unpaired) electrons. The normalized spacial score (nSPS) is 12.2. The predicted octanol–water partition coefficient (Wildman–Crippen LogP) is 4.73. The Balaban J connectivity index is 1.31. The molecule has 0 saturated heterocycles. The molecule has 1 atom stereocenters. The number of aromatic hydroxyl groups is 1. The van der Waals surface area contributed by atoms with Gasteiger partial charge in [-0.3, -0.25) is 9.59 Å². The Bertz CT molecular complexity index is 1450. The summed E-state index contributed by atoms with van der Waals surface area (Å²) < 4.78 is 0. The first-order chi connectivity index (χ1) is 18.8. The Hall–Kier alpha value is -4.20. The number of nitrogens with one attached hydrogen (secondary N) is 3. The molecule has 2 amide bonds. The van der Waals surface area contributed by atoms with Crippen LogP contribution in [0.2, 0.25) is 0 Å². The SMILES string of the molecule is CC(C)(Cc1cccc(C(=O)NCCc2cccc3ccccc23)c1)NC[C@@H](O)c1ccc(O)c(NC=O)c1. The average molecular weight is 526 g/mol. The molecule has 0 bridgehead atoms. The van der Waals surface area contributed by atoms with Crippen molar-refractivity contribution in [3.63, 3.8) is 0 Å². The van der Waals surface area contributed by atoms with E-state index in [1.54, 1.807) is 12.1 Å². The number of aliphatic hydroxyl groups is 1. The van der Waals surface area contributed by atoms with E-state index in [0.717, 1.165) is 12.0 Å². The first-order valence-electron chi connectivity index (χ1n) is 13.1. The minimum atomic E-state index is -0.837. The highest BCUT2D eigenvalue weighted by molar-refractivity contribution is 5.94. The van der Waals surface area contributed by atoms with Crippen molar-refractivity contribution in [3.8, 4) is 5.75 Å². The van der Waals surface area contributed by atoms with Crippen LogP contribution in [0.15, 0.2) is 84.9 Å². The molecule has 0 aliphatic rings. The lowest BCUT2D eigenvalue weighted by Crippen LogP contribution is -2.43. The third-order valence-electron chi connectivity index (χ3n) is 6.79. The van der Waals surface area contributed by atoms with Crippen LogP contribution in [-0.4, -0.2) is 41.2 Å². The molecular formula is C32H35N3O4. The molecule has 0 aliphatic carbocycles. The van der Waals surface area contributed by atoms with Gasteiger partial charge < -0.3 is 26.2 Å². The molecule has 4 aromatic carbocycles. The molecule has 4 aromatic rings. The van der Waals surface area contributed by atoms with Crippen LogP contribution < -0.4 is 16.0 Å². The number of carbonyl (C=O) groups excluding carboxylic acids is 2. The van der Waals surface area contributed by atoms with Crippen molar-refractivity contribution >= 4 is 28.8 Å². The first kappa shape index (κ1) is 27.8. The van der Waals surface area contributed by atoms with E-state index in [4.69, 9.17) is 0 Å². The summed E-state index contributed by atoms with van der Waals surface area (Å²) in [5.74, 6) is -0.172. The lowest BCUT2D eigenvalue weighted by atomic mass is 9.93. The number of hydrogen-bond acceptors (Lipinski definition) is 5. The number of β-amino-alcohol motifs (C(OH)–C–C–N with tert-alkyl or cyclic N) is 1. The lowest BCUT2D eigenvalue weighted by molar-refractivity contribution is -0.105. The number of fused-ring (bicyclic) bond motifs is 1. The second kappa shape index (κ2) is 12.6. The topological polar surface area (TPSA) is 111 Å². The molecule has 0 unspecified atom stereocenters. The van der Waals surface area contributed by atoms with E-state index in [-0.39, 0.29) is 29.4 Å². The minimum absolute atomic E-state index is 0.0659. The van der Waals surface area contributed by atoms with E-state index in [2.05, 4.69) is 40.2 Å². The van der Waals surface area contributed by atoms with Crippen LogP contribution in [0.25, 0.3) is 10.8 Å². The Labute approximate surface area is 228 Å². The quantitative estimate of drug-likeness (QED) is 0.136. The third-order valence-corrected chi connectivity index (χ3v) is 6.79. The molecule has 0 aromatic heterocycles. The number of anilines is 1. The molecule has 0 heterocycles. The van der Waals surface area contributed by atoms with E-state index in [0.29, 0.717) is 30.5 Å². The van der Waals surface area contributed by atoms with E-state index in [9.17, 15) is 19.8 Å². The van der Waals surface area contributed by atoms with Crippen molar-refractivity contribution in [1.29, 1.82) is 0 Å². The number of amides is 2. The number of benzene rings is 4. The number of carbonyl (C=O) groups is 2. The number of phenols is 1. The van der Waals surface area contributed by atoms with Gasteiger partial charge in [0.2, 0.25) is 6.41 Å². The van der Waals surface area contributed by atoms with Crippen molar-refractivity contribution in [3.05, 3.63) is 107 Å². The second-order valence-corrected chi connectivity index (χ2v) is 10.3. The van der Waals surface area contributed by atoms with E-state index >= 15 is 0 Å². The second-order valence-electron chi connectivity index (χ2n) is 10.3. The predicted molar refractivity (Wildman–Crippen MR) is 155 cm³/mol. The number of hydrogen-bond donors (Lipinski definition) is 5. The van der Waals surface area contributed by atoms with Crippen LogP contribution in [0.1, 0.15) is 47.0 Å². The fourth-order valence-electron chi connectivity index (χ4n) is 4.75.